The molecule has 0 atom stereocenters. The number of imidazole rings is 1. The fraction of sp³-hybridized carbons (Fsp3) is 0.400. The molecule has 0 spiro atoms. The van der Waals surface area contributed by atoms with Crippen LogP contribution in [0.25, 0.3) is 11.3 Å². The molecule has 88 valence electrons. The topological polar surface area (TPSA) is 17.8 Å². The van der Waals surface area contributed by atoms with Gasteiger partial charge in [-0.15, -0.1) is 0 Å². The van der Waals surface area contributed by atoms with Crippen molar-refractivity contribution in [3.63, 3.8) is 0 Å². The molecule has 17 heavy (non-hydrogen) atoms. The molecule has 2 heteroatoms. The Morgan fingerprint density at radius 2 is 2.00 bits per heavy atom. The Kier molecular flexibility index (Phi) is 2.50. The van der Waals surface area contributed by atoms with Crippen LogP contribution in [0.3, 0.4) is 0 Å². The van der Waals surface area contributed by atoms with E-state index in [0.29, 0.717) is 0 Å². The summed E-state index contributed by atoms with van der Waals surface area (Å²) in [6.45, 7) is 5.44. The fourth-order valence-electron chi connectivity index (χ4n) is 2.45. The monoisotopic (exact) mass is 226 g/mol. The van der Waals surface area contributed by atoms with Crippen LogP contribution < -0.4 is 0 Å². The number of hydrogen-bond acceptors (Lipinski definition) is 1. The zero-order valence-electron chi connectivity index (χ0n) is 10.5. The van der Waals surface area contributed by atoms with E-state index in [1.807, 2.05) is 0 Å². The highest BCUT2D eigenvalue weighted by atomic mass is 15.1. The second kappa shape index (κ2) is 4.02. The minimum Gasteiger partial charge on any atom is -0.334 e. The number of hydrogen-bond donors (Lipinski definition) is 0. The molecule has 3 rings (SSSR count). The predicted molar refractivity (Wildman–Crippen MR) is 70.1 cm³/mol. The molecule has 2 heterocycles. The van der Waals surface area contributed by atoms with E-state index in [9.17, 15) is 0 Å². The van der Waals surface area contributed by atoms with Crippen molar-refractivity contribution < 1.29 is 0 Å². The molecule has 0 saturated heterocycles. The van der Waals surface area contributed by atoms with Crippen molar-refractivity contribution in [3.8, 4) is 11.3 Å². The molecule has 0 aliphatic carbocycles. The van der Waals surface area contributed by atoms with Crippen LogP contribution in [0, 0.1) is 13.8 Å². The maximum atomic E-state index is 4.75. The van der Waals surface area contributed by atoms with E-state index in [2.05, 4.69) is 42.8 Å². The SMILES string of the molecule is Cc1ccc(-c2cn3c(n2)CCCC3)cc1C. The van der Waals surface area contributed by atoms with Crippen molar-refractivity contribution in [1.82, 2.24) is 9.55 Å². The second-order valence-electron chi connectivity index (χ2n) is 4.99. The molecule has 1 aromatic heterocycles. The Morgan fingerprint density at radius 1 is 1.12 bits per heavy atom. The molecular formula is C15H18N2. The first-order valence-corrected chi connectivity index (χ1v) is 6.38. The quantitative estimate of drug-likeness (QED) is 0.727. The minimum absolute atomic E-state index is 1.13. The largest absolute Gasteiger partial charge is 0.334 e. The van der Waals surface area contributed by atoms with Gasteiger partial charge >= 0.3 is 0 Å². The summed E-state index contributed by atoms with van der Waals surface area (Å²) in [6.07, 6.45) is 5.91. The van der Waals surface area contributed by atoms with Crippen LogP contribution in [0.5, 0.6) is 0 Å². The molecule has 1 aromatic carbocycles. The van der Waals surface area contributed by atoms with Crippen LogP contribution in [0.2, 0.25) is 0 Å². The Labute approximate surface area is 102 Å². The number of rotatable bonds is 1. The summed E-state index contributed by atoms with van der Waals surface area (Å²) in [5.74, 6) is 1.25. The van der Waals surface area contributed by atoms with Crippen molar-refractivity contribution in [3.05, 3.63) is 41.3 Å². The summed E-state index contributed by atoms with van der Waals surface area (Å²) >= 11 is 0. The minimum atomic E-state index is 1.13. The zero-order chi connectivity index (χ0) is 11.8. The molecule has 0 unspecified atom stereocenters. The average Bonchev–Trinajstić information content (AvgIpc) is 2.76. The summed E-state index contributed by atoms with van der Waals surface area (Å²) in [5, 5.41) is 0. The van der Waals surface area contributed by atoms with Gasteiger partial charge in [0.05, 0.1) is 5.69 Å². The molecule has 0 fully saturated rings. The molecule has 2 nitrogen and oxygen atoms in total. The van der Waals surface area contributed by atoms with Gasteiger partial charge in [0.15, 0.2) is 0 Å². The number of aromatic nitrogens is 2. The normalized spacial score (nSPS) is 14.7. The number of benzene rings is 1. The second-order valence-corrected chi connectivity index (χ2v) is 4.99. The van der Waals surface area contributed by atoms with Gasteiger partial charge in [-0.25, -0.2) is 4.98 Å². The van der Waals surface area contributed by atoms with E-state index in [4.69, 9.17) is 4.98 Å². The zero-order valence-corrected chi connectivity index (χ0v) is 10.5. The highest BCUT2D eigenvalue weighted by Gasteiger charge is 2.13. The summed E-state index contributed by atoms with van der Waals surface area (Å²) < 4.78 is 2.31. The third-order valence-electron chi connectivity index (χ3n) is 3.71. The van der Waals surface area contributed by atoms with Crippen molar-refractivity contribution in [2.45, 2.75) is 39.7 Å². The maximum absolute atomic E-state index is 4.75. The first-order chi connectivity index (χ1) is 8.24. The van der Waals surface area contributed by atoms with E-state index in [1.165, 1.54) is 35.4 Å². The lowest BCUT2D eigenvalue weighted by Gasteiger charge is -2.11. The summed E-state index contributed by atoms with van der Waals surface area (Å²) in [7, 11) is 0. The van der Waals surface area contributed by atoms with Gasteiger partial charge < -0.3 is 4.57 Å². The number of nitrogens with zero attached hydrogens (tertiary/aromatic N) is 2. The van der Waals surface area contributed by atoms with Crippen molar-refractivity contribution in [1.29, 1.82) is 0 Å². The average molecular weight is 226 g/mol. The van der Waals surface area contributed by atoms with E-state index in [0.717, 1.165) is 18.7 Å². The Hall–Kier alpha value is -1.57. The van der Waals surface area contributed by atoms with Crippen LogP contribution in [-0.2, 0) is 13.0 Å². The van der Waals surface area contributed by atoms with E-state index >= 15 is 0 Å². The van der Waals surface area contributed by atoms with E-state index in [-0.39, 0.29) is 0 Å². The van der Waals surface area contributed by atoms with Crippen LogP contribution in [0.1, 0.15) is 29.8 Å². The van der Waals surface area contributed by atoms with E-state index < -0.39 is 0 Å². The molecule has 0 radical (unpaired) electrons. The molecular weight excluding hydrogens is 208 g/mol. The first kappa shape index (κ1) is 10.6. The van der Waals surface area contributed by atoms with Gasteiger partial charge in [0.1, 0.15) is 5.82 Å². The number of fused-ring (bicyclic) bond motifs is 1. The highest BCUT2D eigenvalue weighted by Crippen LogP contribution is 2.24. The van der Waals surface area contributed by atoms with Crippen LogP contribution in [0.15, 0.2) is 24.4 Å². The molecule has 0 N–H and O–H groups in total. The predicted octanol–water partition coefficient (Wildman–Crippen LogP) is 3.50. The van der Waals surface area contributed by atoms with Gasteiger partial charge in [0.2, 0.25) is 0 Å². The fourth-order valence-corrected chi connectivity index (χ4v) is 2.45. The maximum Gasteiger partial charge on any atom is 0.109 e. The summed E-state index contributed by atoms with van der Waals surface area (Å²) in [6, 6.07) is 6.60. The molecule has 1 aliphatic heterocycles. The van der Waals surface area contributed by atoms with Gasteiger partial charge in [-0.1, -0.05) is 12.1 Å². The lowest BCUT2D eigenvalue weighted by molar-refractivity contribution is 0.522. The van der Waals surface area contributed by atoms with Crippen molar-refractivity contribution in [2.75, 3.05) is 0 Å². The van der Waals surface area contributed by atoms with Gasteiger partial charge in [-0.2, -0.15) is 0 Å². The van der Waals surface area contributed by atoms with Crippen LogP contribution >= 0.6 is 0 Å². The molecule has 0 bridgehead atoms. The summed E-state index contributed by atoms with van der Waals surface area (Å²) in [5.41, 5.74) is 5.06. The smallest absolute Gasteiger partial charge is 0.109 e. The lowest BCUT2D eigenvalue weighted by Crippen LogP contribution is -2.08. The van der Waals surface area contributed by atoms with Gasteiger partial charge in [0, 0.05) is 24.7 Å². The molecule has 0 amide bonds. The number of aryl methyl sites for hydroxylation is 4. The standard InChI is InChI=1S/C15H18N2/c1-11-6-7-13(9-12(11)2)14-10-17-8-4-3-5-15(17)16-14/h6-7,9-10H,3-5,8H2,1-2H3. The van der Waals surface area contributed by atoms with Gasteiger partial charge in [-0.05, 0) is 43.9 Å². The van der Waals surface area contributed by atoms with Crippen LogP contribution in [0.4, 0.5) is 0 Å². The molecule has 2 aromatic rings. The highest BCUT2D eigenvalue weighted by molar-refractivity contribution is 5.60. The lowest BCUT2D eigenvalue weighted by atomic mass is 10.0. The first-order valence-electron chi connectivity index (χ1n) is 6.38. The third-order valence-corrected chi connectivity index (χ3v) is 3.71. The van der Waals surface area contributed by atoms with Crippen molar-refractivity contribution >= 4 is 0 Å². The Bertz CT molecular complexity index is 529. The van der Waals surface area contributed by atoms with Gasteiger partial charge in [-0.3, -0.25) is 0 Å². The van der Waals surface area contributed by atoms with E-state index in [1.54, 1.807) is 0 Å². The molecule has 1 aliphatic rings. The Balaban J connectivity index is 2.03. The molecule has 0 saturated carbocycles. The van der Waals surface area contributed by atoms with Gasteiger partial charge in [0.25, 0.3) is 0 Å². The third kappa shape index (κ3) is 1.88. The van der Waals surface area contributed by atoms with Crippen LogP contribution in [-0.4, -0.2) is 9.55 Å². The summed E-state index contributed by atoms with van der Waals surface area (Å²) in [4.78, 5) is 4.75. The Morgan fingerprint density at radius 3 is 2.76 bits per heavy atom. The van der Waals surface area contributed by atoms with Crippen molar-refractivity contribution in [2.24, 2.45) is 0 Å².